The second-order valence-electron chi connectivity index (χ2n) is 16.0. The van der Waals surface area contributed by atoms with Crippen molar-refractivity contribution in [2.45, 2.75) is 0 Å². The lowest BCUT2D eigenvalue weighted by molar-refractivity contribution is 1.27. The van der Waals surface area contributed by atoms with Crippen LogP contribution >= 0.6 is 0 Å². The minimum absolute atomic E-state index is 0.00532. The van der Waals surface area contributed by atoms with Gasteiger partial charge in [0.2, 0.25) is 0 Å². The molecule has 62 heavy (non-hydrogen) atoms. The van der Waals surface area contributed by atoms with Crippen LogP contribution in [0.25, 0.3) is 76.2 Å². The normalized spacial score (nSPS) is 12.0. The molecular weight excluding hydrogens is 761 g/mol. The molecule has 0 bridgehead atoms. The third kappa shape index (κ3) is 4.74. The van der Waals surface area contributed by atoms with Gasteiger partial charge >= 0.3 is 0 Å². The standard InChI is InChI=1S/C56H34N4O2/c61-55-41-29-27-39(57(35-15-5-1-6-16-35)36-17-7-2-8-18-36)33-49(41)59-47-31-32-48-52(51(47)43-23-13-25-45(55)53(43)59)44-24-14-26-46-54(44)60(48)50-34-40(28-30-42(50)56(46)62)58(37-19-9-3-10-20-37)38-21-11-4-12-22-38/h1-34H. The summed E-state index contributed by atoms with van der Waals surface area (Å²) in [5.74, 6) is 0. The van der Waals surface area contributed by atoms with Crippen molar-refractivity contribution in [3.05, 3.63) is 227 Å². The summed E-state index contributed by atoms with van der Waals surface area (Å²) in [5.41, 5.74) is 11.4. The second kappa shape index (κ2) is 13.0. The Labute approximate surface area is 354 Å². The lowest BCUT2D eigenvalue weighted by Crippen LogP contribution is -2.11. The highest BCUT2D eigenvalue weighted by molar-refractivity contribution is 6.32. The number of fused-ring (bicyclic) bond motifs is 11. The van der Waals surface area contributed by atoms with Crippen molar-refractivity contribution in [3.63, 3.8) is 0 Å². The molecule has 0 amide bonds. The fourth-order valence-corrected chi connectivity index (χ4v) is 10.1. The molecule has 0 radical (unpaired) electrons. The van der Waals surface area contributed by atoms with Crippen molar-refractivity contribution in [1.29, 1.82) is 0 Å². The second-order valence-corrected chi connectivity index (χ2v) is 16.0. The lowest BCUT2D eigenvalue weighted by Gasteiger charge is -2.25. The summed E-state index contributed by atoms with van der Waals surface area (Å²) in [6.07, 6.45) is 0. The smallest absolute Gasteiger partial charge is 0.197 e. The summed E-state index contributed by atoms with van der Waals surface area (Å²) < 4.78 is 4.57. The molecule has 290 valence electrons. The first-order chi connectivity index (χ1) is 30.6. The third-order valence-electron chi connectivity index (χ3n) is 12.7. The number of aromatic nitrogens is 2. The quantitative estimate of drug-likeness (QED) is 0.157. The maximum atomic E-state index is 14.6. The van der Waals surface area contributed by atoms with Crippen molar-refractivity contribution in [2.24, 2.45) is 0 Å². The number of anilines is 6. The highest BCUT2D eigenvalue weighted by Crippen LogP contribution is 2.45. The molecular formula is C56H34N4O2. The highest BCUT2D eigenvalue weighted by atomic mass is 16.1. The zero-order chi connectivity index (χ0) is 41.1. The van der Waals surface area contributed by atoms with Gasteiger partial charge in [0.1, 0.15) is 0 Å². The van der Waals surface area contributed by atoms with Crippen LogP contribution in [-0.4, -0.2) is 8.80 Å². The van der Waals surface area contributed by atoms with Crippen molar-refractivity contribution >= 4 is 110 Å². The van der Waals surface area contributed by atoms with Crippen molar-refractivity contribution in [2.75, 3.05) is 9.80 Å². The highest BCUT2D eigenvalue weighted by Gasteiger charge is 2.25. The van der Waals surface area contributed by atoms with E-state index in [9.17, 15) is 9.59 Å². The summed E-state index contributed by atoms with van der Waals surface area (Å²) in [6, 6.07) is 70.3. The number of hydrogen-bond acceptors (Lipinski definition) is 4. The largest absolute Gasteiger partial charge is 0.310 e. The van der Waals surface area contributed by atoms with Crippen molar-refractivity contribution in [3.8, 4) is 0 Å². The maximum Gasteiger partial charge on any atom is 0.197 e. The van der Waals surface area contributed by atoms with Gasteiger partial charge in [-0.15, -0.1) is 0 Å². The van der Waals surface area contributed by atoms with E-state index in [1.54, 1.807) is 0 Å². The van der Waals surface area contributed by atoms with Gasteiger partial charge in [-0.3, -0.25) is 9.59 Å². The SMILES string of the molecule is O=c1c2ccc(N(c3ccccc3)c3ccccc3)cc2n2c3ccc4c(c5cccc6c(=O)c7ccc(N(c8ccccc8)c8ccccc8)cc7n4c65)c3c3cccc1c32. The Hall–Kier alpha value is -8.48. The molecule has 13 aromatic rings. The Morgan fingerprint density at radius 1 is 0.274 bits per heavy atom. The first-order valence-corrected chi connectivity index (χ1v) is 20.9. The Kier molecular flexibility index (Phi) is 7.22. The average Bonchev–Trinajstić information content (AvgIpc) is 3.85. The van der Waals surface area contributed by atoms with Crippen LogP contribution in [0.1, 0.15) is 0 Å². The molecule has 0 saturated heterocycles. The molecule has 13 rings (SSSR count). The molecule has 0 aliphatic rings. The van der Waals surface area contributed by atoms with Gasteiger partial charge in [-0.05, 0) is 109 Å². The number of para-hydroxylation sites is 6. The monoisotopic (exact) mass is 794 g/mol. The molecule has 0 aliphatic carbocycles. The topological polar surface area (TPSA) is 49.4 Å². The molecule has 6 nitrogen and oxygen atoms in total. The molecule has 4 aromatic heterocycles. The predicted octanol–water partition coefficient (Wildman–Crippen LogP) is 13.6. The van der Waals surface area contributed by atoms with E-state index in [2.05, 4.69) is 116 Å². The summed E-state index contributed by atoms with van der Waals surface area (Å²) in [6.45, 7) is 0. The van der Waals surface area contributed by atoms with Crippen LogP contribution < -0.4 is 20.7 Å². The van der Waals surface area contributed by atoms with Gasteiger partial charge in [0.05, 0.1) is 33.1 Å². The van der Waals surface area contributed by atoms with E-state index < -0.39 is 0 Å². The number of pyridine rings is 2. The van der Waals surface area contributed by atoms with Gasteiger partial charge in [0, 0.05) is 77.2 Å². The van der Waals surface area contributed by atoms with Crippen LogP contribution in [0, 0.1) is 0 Å². The molecule has 0 N–H and O–H groups in total. The molecule has 0 aliphatic heterocycles. The third-order valence-corrected chi connectivity index (χ3v) is 12.7. The van der Waals surface area contributed by atoms with E-state index >= 15 is 0 Å². The molecule has 0 spiro atoms. The molecule has 9 aromatic carbocycles. The number of hydrogen-bond donors (Lipinski definition) is 0. The van der Waals surface area contributed by atoms with E-state index in [1.807, 2.05) is 109 Å². The number of nitrogens with zero attached hydrogens (tertiary/aromatic N) is 4. The zero-order valence-electron chi connectivity index (χ0n) is 33.2. The van der Waals surface area contributed by atoms with Gasteiger partial charge in [0.15, 0.2) is 10.9 Å². The van der Waals surface area contributed by atoms with E-state index in [0.29, 0.717) is 21.5 Å². The molecule has 0 unspecified atom stereocenters. The maximum absolute atomic E-state index is 14.6. The summed E-state index contributed by atoms with van der Waals surface area (Å²) in [5, 5.41) is 6.77. The van der Waals surface area contributed by atoms with E-state index in [-0.39, 0.29) is 10.9 Å². The average molecular weight is 795 g/mol. The van der Waals surface area contributed by atoms with Gasteiger partial charge in [0.25, 0.3) is 0 Å². The minimum Gasteiger partial charge on any atom is -0.310 e. The first kappa shape index (κ1) is 34.4. The summed E-state index contributed by atoms with van der Waals surface area (Å²) in [7, 11) is 0. The van der Waals surface area contributed by atoms with Gasteiger partial charge in [-0.25, -0.2) is 0 Å². The van der Waals surface area contributed by atoms with Crippen molar-refractivity contribution in [1.82, 2.24) is 8.80 Å². The first-order valence-electron chi connectivity index (χ1n) is 20.9. The van der Waals surface area contributed by atoms with Crippen LogP contribution in [0.5, 0.6) is 0 Å². The molecule has 4 heterocycles. The van der Waals surface area contributed by atoms with Crippen LogP contribution in [-0.2, 0) is 0 Å². The van der Waals surface area contributed by atoms with E-state index in [4.69, 9.17) is 0 Å². The number of rotatable bonds is 6. The summed E-state index contributed by atoms with van der Waals surface area (Å²) in [4.78, 5) is 33.6. The molecule has 0 saturated carbocycles. The van der Waals surface area contributed by atoms with Gasteiger partial charge in [-0.2, -0.15) is 0 Å². The minimum atomic E-state index is 0.00532. The van der Waals surface area contributed by atoms with Gasteiger partial charge < -0.3 is 18.6 Å². The Balaban J connectivity index is 1.14. The molecule has 6 heteroatoms. The van der Waals surface area contributed by atoms with Crippen molar-refractivity contribution < 1.29 is 0 Å². The van der Waals surface area contributed by atoms with Crippen LogP contribution in [0.15, 0.2) is 216 Å². The molecule has 0 atom stereocenters. The Morgan fingerprint density at radius 3 is 0.968 bits per heavy atom. The fourth-order valence-electron chi connectivity index (χ4n) is 10.1. The van der Waals surface area contributed by atoms with Gasteiger partial charge in [-0.1, -0.05) is 97.1 Å². The summed E-state index contributed by atoms with van der Waals surface area (Å²) >= 11 is 0. The van der Waals surface area contributed by atoms with E-state index in [0.717, 1.165) is 88.8 Å². The van der Waals surface area contributed by atoms with Crippen LogP contribution in [0.4, 0.5) is 34.1 Å². The fraction of sp³-hybridized carbons (Fsp3) is 0. The molecule has 0 fully saturated rings. The Morgan fingerprint density at radius 2 is 0.613 bits per heavy atom. The lowest BCUT2D eigenvalue weighted by atomic mass is 10.0. The van der Waals surface area contributed by atoms with Crippen LogP contribution in [0.3, 0.4) is 0 Å². The van der Waals surface area contributed by atoms with E-state index in [1.165, 1.54) is 0 Å². The van der Waals surface area contributed by atoms with Crippen LogP contribution in [0.2, 0.25) is 0 Å². The number of benzene rings is 9. The Bertz CT molecular complexity index is 3670. The zero-order valence-corrected chi connectivity index (χ0v) is 33.2. The predicted molar refractivity (Wildman–Crippen MR) is 258 cm³/mol.